The van der Waals surface area contributed by atoms with Crippen LogP contribution in [0.2, 0.25) is 0 Å². The third-order valence-corrected chi connectivity index (χ3v) is 1.37. The van der Waals surface area contributed by atoms with Crippen molar-refractivity contribution in [3.8, 4) is 5.75 Å². The van der Waals surface area contributed by atoms with E-state index in [-0.39, 0.29) is 5.75 Å². The number of aromatic hydroxyl groups is 1. The van der Waals surface area contributed by atoms with E-state index in [2.05, 4.69) is 0 Å². The van der Waals surface area contributed by atoms with Gasteiger partial charge in [0.2, 0.25) is 0 Å². The van der Waals surface area contributed by atoms with Crippen LogP contribution in [0.5, 0.6) is 5.75 Å². The Bertz CT molecular complexity index is 328. The van der Waals surface area contributed by atoms with Crippen LogP contribution in [0, 0.1) is 0 Å². The fourth-order valence-electron chi connectivity index (χ4n) is 0.918. The second-order valence-corrected chi connectivity index (χ2v) is 1.99. The molecule has 10 heavy (non-hydrogen) atoms. The summed E-state index contributed by atoms with van der Waals surface area (Å²) in [5.41, 5.74) is 0.778. The maximum Gasteiger partial charge on any atom is 0.182 e. The maximum absolute atomic E-state index is 9.01. The van der Waals surface area contributed by atoms with Crippen LogP contribution in [0.1, 0.15) is 0 Å². The third kappa shape index (κ3) is 0.452. The highest BCUT2D eigenvalue weighted by Gasteiger charge is 2.07. The lowest BCUT2D eigenvalue weighted by Gasteiger charge is -1.87. The van der Waals surface area contributed by atoms with Crippen molar-refractivity contribution in [1.29, 1.82) is 0 Å². The summed E-state index contributed by atoms with van der Waals surface area (Å²) in [7, 11) is 0. The van der Waals surface area contributed by atoms with Crippen molar-refractivity contribution in [3.63, 3.8) is 0 Å². The largest absolute Gasteiger partial charge is 0.503 e. The summed E-state index contributed by atoms with van der Waals surface area (Å²) in [6, 6.07) is 1.56. The molecule has 0 amide bonds. The lowest BCUT2D eigenvalue weighted by atomic mass is 10.5. The zero-order valence-electron chi connectivity index (χ0n) is 4.98. The summed E-state index contributed by atoms with van der Waals surface area (Å²) in [6.07, 6.45) is 2.57. The number of fused-ring (bicyclic) bond motifs is 1. The highest BCUT2D eigenvalue weighted by atomic mass is 16.5. The lowest BCUT2D eigenvalue weighted by Crippen LogP contribution is -1.83. The van der Waals surface area contributed by atoms with Crippen LogP contribution in [0.4, 0.5) is 0 Å². The van der Waals surface area contributed by atoms with Gasteiger partial charge in [-0.05, 0) is 0 Å². The molecule has 2 heterocycles. The molecule has 0 saturated heterocycles. The summed E-state index contributed by atoms with van der Waals surface area (Å²) < 4.78 is 5.65. The second kappa shape index (κ2) is 1.47. The van der Waals surface area contributed by atoms with E-state index in [1.54, 1.807) is 6.07 Å². The lowest BCUT2D eigenvalue weighted by molar-refractivity contribution is 0.198. The molecule has 4 nitrogen and oxygen atoms in total. The predicted octanol–water partition coefficient (Wildman–Crippen LogP) is 1.18. The molecule has 0 aliphatic carbocycles. The molecule has 0 aromatic carbocycles. The molecule has 2 N–H and O–H groups in total. The van der Waals surface area contributed by atoms with Crippen molar-refractivity contribution in [2.24, 2.45) is 0 Å². The van der Waals surface area contributed by atoms with Gasteiger partial charge in [0.1, 0.15) is 6.26 Å². The molecule has 0 unspecified atom stereocenters. The van der Waals surface area contributed by atoms with E-state index in [9.17, 15) is 0 Å². The quantitative estimate of drug-likeness (QED) is 0.538. The highest BCUT2D eigenvalue weighted by molar-refractivity contribution is 5.80. The average Bonchev–Trinajstić information content (AvgIpc) is 2.40. The van der Waals surface area contributed by atoms with Crippen LogP contribution >= 0.6 is 0 Å². The van der Waals surface area contributed by atoms with E-state index < -0.39 is 0 Å². The Morgan fingerprint density at radius 3 is 3.00 bits per heavy atom. The van der Waals surface area contributed by atoms with E-state index >= 15 is 0 Å². The first-order valence-electron chi connectivity index (χ1n) is 2.76. The second-order valence-electron chi connectivity index (χ2n) is 1.99. The van der Waals surface area contributed by atoms with Crippen LogP contribution < -0.4 is 0 Å². The summed E-state index contributed by atoms with van der Waals surface area (Å²) in [5.74, 6) is -0.0532. The first kappa shape index (κ1) is 5.22. The number of rotatable bonds is 0. The molecule has 0 atom stereocenters. The maximum atomic E-state index is 9.01. The number of aromatic nitrogens is 1. The third-order valence-electron chi connectivity index (χ3n) is 1.37. The molecule has 0 aliphatic rings. The fourth-order valence-corrected chi connectivity index (χ4v) is 0.918. The first-order valence-corrected chi connectivity index (χ1v) is 2.76. The van der Waals surface area contributed by atoms with Gasteiger partial charge < -0.3 is 14.7 Å². The first-order chi connectivity index (χ1) is 4.79. The standard InChI is InChI=1S/C6H5NO3/c8-4-3-10-5-1-2-7(9)6(4)5/h1-3,8-9H. The molecule has 0 fully saturated rings. The van der Waals surface area contributed by atoms with Gasteiger partial charge in [0, 0.05) is 12.3 Å². The van der Waals surface area contributed by atoms with Crippen molar-refractivity contribution >= 4 is 11.1 Å². The van der Waals surface area contributed by atoms with Crippen LogP contribution in [0.25, 0.3) is 11.1 Å². The van der Waals surface area contributed by atoms with Crippen molar-refractivity contribution in [1.82, 2.24) is 4.73 Å². The number of hydrogen-bond donors (Lipinski definition) is 2. The molecule has 0 spiro atoms. The Hall–Kier alpha value is -1.58. The Morgan fingerprint density at radius 2 is 2.30 bits per heavy atom. The summed E-state index contributed by atoms with van der Waals surface area (Å²) in [6.45, 7) is 0. The van der Waals surface area contributed by atoms with Gasteiger partial charge in [0.25, 0.3) is 0 Å². The number of nitrogens with zero attached hydrogens (tertiary/aromatic N) is 1. The topological polar surface area (TPSA) is 58.5 Å². The van der Waals surface area contributed by atoms with E-state index in [4.69, 9.17) is 14.7 Å². The molecular formula is C6H5NO3. The van der Waals surface area contributed by atoms with Crippen molar-refractivity contribution in [2.75, 3.05) is 0 Å². The smallest absolute Gasteiger partial charge is 0.182 e. The summed E-state index contributed by atoms with van der Waals surface area (Å²) in [5, 5.41) is 18.0. The minimum absolute atomic E-state index is 0.0532. The van der Waals surface area contributed by atoms with Crippen molar-refractivity contribution in [3.05, 3.63) is 18.5 Å². The SMILES string of the molecule is Oc1coc2ccn(O)c12. The van der Waals surface area contributed by atoms with Crippen molar-refractivity contribution < 1.29 is 14.7 Å². The van der Waals surface area contributed by atoms with Gasteiger partial charge in [0.15, 0.2) is 16.8 Å². The Morgan fingerprint density at radius 1 is 1.50 bits per heavy atom. The van der Waals surface area contributed by atoms with Gasteiger partial charge in [-0.2, -0.15) is 4.73 Å². The summed E-state index contributed by atoms with van der Waals surface area (Å²) >= 11 is 0. The molecule has 0 radical (unpaired) electrons. The van der Waals surface area contributed by atoms with Crippen molar-refractivity contribution in [2.45, 2.75) is 0 Å². The van der Waals surface area contributed by atoms with Crippen LogP contribution in [-0.2, 0) is 0 Å². The zero-order valence-corrected chi connectivity index (χ0v) is 4.98. The molecule has 2 aromatic heterocycles. The fraction of sp³-hybridized carbons (Fsp3) is 0. The molecule has 2 rings (SSSR count). The highest BCUT2D eigenvalue weighted by Crippen LogP contribution is 2.26. The van der Waals surface area contributed by atoms with E-state index in [0.717, 1.165) is 4.73 Å². The Kier molecular flexibility index (Phi) is 0.768. The van der Waals surface area contributed by atoms with Gasteiger partial charge in [-0.1, -0.05) is 0 Å². The van der Waals surface area contributed by atoms with Gasteiger partial charge in [-0.25, -0.2) is 0 Å². The van der Waals surface area contributed by atoms with Crippen LogP contribution in [-0.4, -0.2) is 15.0 Å². The Labute approximate surface area is 55.9 Å². The van der Waals surface area contributed by atoms with Gasteiger partial charge in [0.05, 0.1) is 0 Å². The molecule has 0 bridgehead atoms. The molecule has 4 heteroatoms. The van der Waals surface area contributed by atoms with Crippen LogP contribution in [0.3, 0.4) is 0 Å². The van der Waals surface area contributed by atoms with Gasteiger partial charge in [-0.3, -0.25) is 0 Å². The van der Waals surface area contributed by atoms with Gasteiger partial charge in [-0.15, -0.1) is 0 Å². The molecule has 0 aliphatic heterocycles. The Balaban J connectivity index is 2.98. The van der Waals surface area contributed by atoms with Gasteiger partial charge >= 0.3 is 0 Å². The molecular weight excluding hydrogens is 134 g/mol. The van der Waals surface area contributed by atoms with Crippen LogP contribution in [0.15, 0.2) is 22.9 Å². The molecule has 52 valence electrons. The average molecular weight is 139 g/mol. The zero-order chi connectivity index (χ0) is 7.14. The number of hydrogen-bond acceptors (Lipinski definition) is 3. The monoisotopic (exact) mass is 139 g/mol. The van der Waals surface area contributed by atoms with E-state index in [0.29, 0.717) is 11.1 Å². The minimum Gasteiger partial charge on any atom is -0.503 e. The summed E-state index contributed by atoms with van der Waals surface area (Å²) in [4.78, 5) is 0. The predicted molar refractivity (Wildman–Crippen MR) is 33.1 cm³/mol. The molecule has 2 aromatic rings. The van der Waals surface area contributed by atoms with E-state index in [1.807, 2.05) is 0 Å². The minimum atomic E-state index is -0.0532. The van der Waals surface area contributed by atoms with E-state index in [1.165, 1.54) is 12.5 Å². The number of furan rings is 1. The normalized spacial score (nSPS) is 10.8. The molecule has 0 saturated carbocycles.